The minimum atomic E-state index is -0.683. The van der Waals surface area contributed by atoms with Crippen LogP contribution in [-0.2, 0) is 0 Å². The molecule has 0 saturated carbocycles. The number of pyridine rings is 2. The largest absolute Gasteiger partial charge is 0.337 e. The van der Waals surface area contributed by atoms with E-state index in [0.717, 1.165) is 27.9 Å². The number of benzene rings is 3. The number of aromatic amines is 1. The molecule has 7 rings (SSSR count). The van der Waals surface area contributed by atoms with Gasteiger partial charge >= 0.3 is 5.69 Å². The van der Waals surface area contributed by atoms with E-state index in [1.165, 1.54) is 16.8 Å². The summed E-state index contributed by atoms with van der Waals surface area (Å²) in [4.78, 5) is 39.3. The van der Waals surface area contributed by atoms with Gasteiger partial charge in [-0.1, -0.05) is 23.7 Å². The number of nitrogens with one attached hydrogen (secondary N) is 1. The molecule has 0 radical (unpaired) electrons. The minimum absolute atomic E-state index is 0.0578. The van der Waals surface area contributed by atoms with Crippen LogP contribution in [0.4, 0.5) is 11.4 Å². The summed E-state index contributed by atoms with van der Waals surface area (Å²) >= 11 is 6.13. The molecule has 3 aromatic carbocycles. The van der Waals surface area contributed by atoms with Crippen LogP contribution in [-0.4, -0.2) is 39.6 Å². The Morgan fingerprint density at radius 2 is 1.54 bits per heavy atom. The van der Waals surface area contributed by atoms with E-state index in [9.17, 15) is 20.2 Å². The molecule has 4 aromatic heterocycles. The number of nitro groups is 2. The fourth-order valence-electron chi connectivity index (χ4n) is 4.93. The van der Waals surface area contributed by atoms with E-state index in [2.05, 4.69) is 20.1 Å². The van der Waals surface area contributed by atoms with E-state index >= 15 is 0 Å². The molecule has 0 amide bonds. The molecular formula is C28H15ClN8O4. The molecule has 0 aliphatic heterocycles. The Morgan fingerprint density at radius 1 is 0.829 bits per heavy atom. The molecule has 0 fully saturated rings. The topological polar surface area (TPSA) is 159 Å². The van der Waals surface area contributed by atoms with Crippen molar-refractivity contribution in [1.29, 1.82) is 0 Å². The van der Waals surface area contributed by atoms with E-state index in [-0.39, 0.29) is 5.69 Å². The third kappa shape index (κ3) is 3.93. The van der Waals surface area contributed by atoms with E-state index in [1.54, 1.807) is 42.9 Å². The molecule has 0 spiro atoms. The van der Waals surface area contributed by atoms with E-state index in [1.807, 2.05) is 24.3 Å². The van der Waals surface area contributed by atoms with Gasteiger partial charge in [-0.25, -0.2) is 9.67 Å². The first kappa shape index (κ1) is 24.3. The first-order valence-corrected chi connectivity index (χ1v) is 12.6. The predicted octanol–water partition coefficient (Wildman–Crippen LogP) is 6.65. The zero-order valence-electron chi connectivity index (χ0n) is 20.7. The van der Waals surface area contributed by atoms with Crippen LogP contribution in [0.1, 0.15) is 0 Å². The number of nitrogens with zero attached hydrogens (tertiary/aromatic N) is 7. The number of rotatable bonds is 5. The fourth-order valence-corrected chi connectivity index (χ4v) is 5.05. The van der Waals surface area contributed by atoms with Gasteiger partial charge < -0.3 is 4.98 Å². The number of fused-ring (bicyclic) bond motifs is 6. The van der Waals surface area contributed by atoms with Crippen LogP contribution in [0.15, 0.2) is 85.3 Å². The summed E-state index contributed by atoms with van der Waals surface area (Å²) in [6.45, 7) is 0. The highest BCUT2D eigenvalue weighted by molar-refractivity contribution is 6.30. The lowest BCUT2D eigenvalue weighted by atomic mass is 10.1. The Hall–Kier alpha value is -5.75. The van der Waals surface area contributed by atoms with Crippen molar-refractivity contribution in [2.24, 2.45) is 0 Å². The number of hydrogen-bond donors (Lipinski definition) is 1. The van der Waals surface area contributed by atoms with Crippen LogP contribution in [0.5, 0.6) is 0 Å². The van der Waals surface area contributed by atoms with Gasteiger partial charge in [0.15, 0.2) is 0 Å². The Balaban J connectivity index is 1.51. The lowest BCUT2D eigenvalue weighted by molar-refractivity contribution is -0.394. The predicted molar refractivity (Wildman–Crippen MR) is 153 cm³/mol. The van der Waals surface area contributed by atoms with Crippen LogP contribution >= 0.6 is 11.6 Å². The van der Waals surface area contributed by atoms with Gasteiger partial charge in [-0.05, 0) is 42.5 Å². The molecule has 0 unspecified atom stereocenters. The lowest BCUT2D eigenvalue weighted by Crippen LogP contribution is -2.02. The molecule has 198 valence electrons. The Bertz CT molecular complexity index is 2120. The Morgan fingerprint density at radius 3 is 2.24 bits per heavy atom. The van der Waals surface area contributed by atoms with Crippen LogP contribution in [0.3, 0.4) is 0 Å². The zero-order valence-corrected chi connectivity index (χ0v) is 21.5. The van der Waals surface area contributed by atoms with Crippen molar-refractivity contribution in [2.45, 2.75) is 0 Å². The van der Waals surface area contributed by atoms with Crippen LogP contribution < -0.4 is 0 Å². The number of hydrogen-bond acceptors (Lipinski definition) is 8. The number of aromatic nitrogens is 6. The number of H-pyrrole nitrogens is 1. The minimum Gasteiger partial charge on any atom is -0.337 e. The highest BCUT2D eigenvalue weighted by Crippen LogP contribution is 2.37. The molecule has 1 N–H and O–H groups in total. The van der Waals surface area contributed by atoms with Crippen molar-refractivity contribution < 1.29 is 9.85 Å². The highest BCUT2D eigenvalue weighted by Gasteiger charge is 2.25. The second kappa shape index (κ2) is 9.17. The Labute approximate surface area is 234 Å². The number of halogens is 1. The smallest absolute Gasteiger partial charge is 0.301 e. The maximum Gasteiger partial charge on any atom is 0.301 e. The molecular weight excluding hydrogens is 548 g/mol. The van der Waals surface area contributed by atoms with Crippen LogP contribution in [0, 0.1) is 20.2 Å². The average molecular weight is 563 g/mol. The van der Waals surface area contributed by atoms with Gasteiger partial charge in [0, 0.05) is 46.0 Å². The standard InChI is InChI=1S/C28H15ClN8O4/c29-16-7-5-15(6-8-16)23-20(14-35(34-23)21-10-9-17(36(38)39)13-22(21)37(40)41)28-32-26-18-3-1-11-30-24(18)25-19(27(26)33-28)4-2-12-31-25/h1-14H,(H,32,33). The maximum absolute atomic E-state index is 11.9. The third-order valence-electron chi connectivity index (χ3n) is 6.77. The van der Waals surface area contributed by atoms with E-state index in [0.29, 0.717) is 38.7 Å². The monoisotopic (exact) mass is 562 g/mol. The first-order valence-electron chi connectivity index (χ1n) is 12.2. The number of imidazole rings is 1. The van der Waals surface area contributed by atoms with Crippen molar-refractivity contribution >= 4 is 55.8 Å². The van der Waals surface area contributed by atoms with Crippen molar-refractivity contribution in [1.82, 2.24) is 29.7 Å². The van der Waals surface area contributed by atoms with Crippen LogP contribution in [0.2, 0.25) is 5.02 Å². The maximum atomic E-state index is 11.9. The normalized spacial score (nSPS) is 11.4. The van der Waals surface area contributed by atoms with Gasteiger partial charge in [0.2, 0.25) is 0 Å². The Kier molecular flexibility index (Phi) is 5.44. The first-order chi connectivity index (χ1) is 19.9. The second-order valence-corrected chi connectivity index (χ2v) is 9.57. The highest BCUT2D eigenvalue weighted by atomic mass is 35.5. The summed E-state index contributed by atoms with van der Waals surface area (Å²) < 4.78 is 1.33. The summed E-state index contributed by atoms with van der Waals surface area (Å²) in [5.74, 6) is 0.460. The summed E-state index contributed by atoms with van der Waals surface area (Å²) in [6, 6.07) is 17.9. The molecule has 13 heteroatoms. The molecule has 12 nitrogen and oxygen atoms in total. The molecule has 0 saturated heterocycles. The van der Waals surface area contributed by atoms with Crippen LogP contribution in [0.25, 0.3) is 61.2 Å². The molecule has 4 heterocycles. The van der Waals surface area contributed by atoms with Crippen molar-refractivity contribution in [3.8, 4) is 28.3 Å². The van der Waals surface area contributed by atoms with E-state index < -0.39 is 21.2 Å². The number of nitro benzene ring substituents is 2. The summed E-state index contributed by atoms with van der Waals surface area (Å²) in [5.41, 5.74) is 3.76. The zero-order chi connectivity index (χ0) is 28.2. The van der Waals surface area contributed by atoms with Crippen molar-refractivity contribution in [2.75, 3.05) is 0 Å². The van der Waals surface area contributed by atoms with Gasteiger partial charge in [0.1, 0.15) is 17.2 Å². The lowest BCUT2D eigenvalue weighted by Gasteiger charge is -2.03. The molecule has 41 heavy (non-hydrogen) atoms. The molecule has 7 aromatic rings. The quantitative estimate of drug-likeness (QED) is 0.139. The van der Waals surface area contributed by atoms with Gasteiger partial charge in [0.25, 0.3) is 5.69 Å². The fraction of sp³-hybridized carbons (Fsp3) is 0. The van der Waals surface area contributed by atoms with Gasteiger partial charge in [0.05, 0.1) is 43.5 Å². The summed E-state index contributed by atoms with van der Waals surface area (Å²) in [7, 11) is 0. The van der Waals surface area contributed by atoms with Crippen molar-refractivity contribution in [3.63, 3.8) is 0 Å². The molecule has 0 bridgehead atoms. The summed E-state index contributed by atoms with van der Waals surface area (Å²) in [5, 5.41) is 30.0. The van der Waals surface area contributed by atoms with Gasteiger partial charge in [-0.15, -0.1) is 0 Å². The molecule has 0 aliphatic rings. The molecule has 0 aliphatic carbocycles. The van der Waals surface area contributed by atoms with E-state index in [4.69, 9.17) is 16.6 Å². The average Bonchev–Trinajstić information content (AvgIpc) is 3.63. The number of non-ortho nitro benzene ring substituents is 1. The van der Waals surface area contributed by atoms with Gasteiger partial charge in [-0.3, -0.25) is 30.2 Å². The van der Waals surface area contributed by atoms with Gasteiger partial charge in [-0.2, -0.15) is 5.10 Å². The SMILES string of the molecule is O=[N+]([O-])c1ccc(-n2cc(-c3nc4c5cccnc5c5ncccc5c4[nH]3)c(-c3ccc(Cl)cc3)n2)c([N+](=O)[O-])c1. The third-order valence-corrected chi connectivity index (χ3v) is 7.02. The molecule has 0 atom stereocenters. The second-order valence-electron chi connectivity index (χ2n) is 9.14. The summed E-state index contributed by atoms with van der Waals surface area (Å²) in [6.07, 6.45) is 5.02. The van der Waals surface area contributed by atoms with Crippen molar-refractivity contribution in [3.05, 3.63) is 111 Å².